The van der Waals surface area contributed by atoms with Gasteiger partial charge in [-0.05, 0) is 36.6 Å². The number of thiophene rings is 1. The second-order valence-electron chi connectivity index (χ2n) is 8.47. The van der Waals surface area contributed by atoms with Crippen molar-refractivity contribution >= 4 is 23.0 Å². The Kier molecular flexibility index (Phi) is 6.85. The molecule has 3 heterocycles. The van der Waals surface area contributed by atoms with E-state index in [1.54, 1.807) is 16.3 Å². The average Bonchev–Trinajstić information content (AvgIpc) is 3.64. The Labute approximate surface area is 208 Å². The van der Waals surface area contributed by atoms with Crippen LogP contribution in [0.15, 0.2) is 83.4 Å². The van der Waals surface area contributed by atoms with Crippen molar-refractivity contribution < 1.29 is 9.90 Å². The van der Waals surface area contributed by atoms with Gasteiger partial charge < -0.3 is 10.4 Å². The van der Waals surface area contributed by atoms with E-state index >= 15 is 0 Å². The Bertz CT molecular complexity index is 1330. The number of hydrazone groups is 1. The van der Waals surface area contributed by atoms with Crippen LogP contribution in [0.5, 0.6) is 0 Å². The first-order valence-corrected chi connectivity index (χ1v) is 12.5. The molecular weight excluding hydrogens is 458 g/mol. The highest BCUT2D eigenvalue weighted by molar-refractivity contribution is 7.12. The number of carbonyl (C=O) groups is 1. The molecule has 0 bridgehead atoms. The van der Waals surface area contributed by atoms with E-state index in [4.69, 9.17) is 15.3 Å². The molecule has 4 aromatic rings. The van der Waals surface area contributed by atoms with E-state index in [2.05, 4.69) is 30.4 Å². The predicted molar refractivity (Wildman–Crippen MR) is 139 cm³/mol. The molecule has 0 radical (unpaired) electrons. The van der Waals surface area contributed by atoms with Crippen LogP contribution in [0.4, 0.5) is 0 Å². The summed E-state index contributed by atoms with van der Waals surface area (Å²) in [5, 5.41) is 25.5. The summed E-state index contributed by atoms with van der Waals surface area (Å²) in [7, 11) is 0. The molecular formula is C27H27N5O2S. The number of aliphatic hydroxyl groups excluding tert-OH is 1. The summed E-state index contributed by atoms with van der Waals surface area (Å²) < 4.78 is 1.88. The van der Waals surface area contributed by atoms with Crippen molar-refractivity contribution in [1.82, 2.24) is 20.1 Å². The van der Waals surface area contributed by atoms with Crippen LogP contribution >= 0.6 is 11.3 Å². The zero-order valence-corrected chi connectivity index (χ0v) is 20.3. The minimum absolute atomic E-state index is 0.0260. The number of para-hydroxylation sites is 1. The summed E-state index contributed by atoms with van der Waals surface area (Å²) in [6.07, 6.45) is 2.62. The fourth-order valence-electron chi connectivity index (χ4n) is 4.29. The molecule has 0 saturated heterocycles. The van der Waals surface area contributed by atoms with Gasteiger partial charge in [0.15, 0.2) is 0 Å². The first kappa shape index (κ1) is 23.2. The number of amides is 1. The first-order valence-electron chi connectivity index (χ1n) is 11.6. The van der Waals surface area contributed by atoms with Crippen molar-refractivity contribution in [3.8, 4) is 16.9 Å². The normalized spacial score (nSPS) is 15.4. The lowest BCUT2D eigenvalue weighted by Gasteiger charge is -2.22. The molecule has 1 aliphatic rings. The molecule has 0 aliphatic carbocycles. The molecule has 178 valence electrons. The minimum Gasteiger partial charge on any atom is -0.395 e. The van der Waals surface area contributed by atoms with Crippen molar-refractivity contribution in [2.24, 2.45) is 5.10 Å². The quantitative estimate of drug-likeness (QED) is 0.367. The van der Waals surface area contributed by atoms with E-state index in [1.807, 2.05) is 64.8 Å². The van der Waals surface area contributed by atoms with Gasteiger partial charge in [0.2, 0.25) is 0 Å². The van der Waals surface area contributed by atoms with Gasteiger partial charge in [0.05, 0.1) is 41.2 Å². The standard InChI is InChI=1S/C27H27N5O2S/c1-19-7-5-8-20(15-19)27-22(18-31(30-27)21-9-3-2-4-10-21)24-16-23(25-11-6-14-35-25)29-32(24)26(34)17-28-12-13-33/h2-11,14-15,18,24,28,33H,12-13,16-17H2,1H3. The summed E-state index contributed by atoms with van der Waals surface area (Å²) in [6.45, 7) is 2.49. The van der Waals surface area contributed by atoms with Crippen molar-refractivity contribution in [3.05, 3.63) is 94.3 Å². The van der Waals surface area contributed by atoms with Crippen LogP contribution in [0.25, 0.3) is 16.9 Å². The Balaban J connectivity index is 1.58. The first-order chi connectivity index (χ1) is 17.1. The molecule has 0 spiro atoms. The molecule has 1 unspecified atom stereocenters. The van der Waals surface area contributed by atoms with E-state index in [0.29, 0.717) is 13.0 Å². The maximum absolute atomic E-state index is 13.2. The van der Waals surface area contributed by atoms with Crippen LogP contribution in [0.2, 0.25) is 0 Å². The highest BCUT2D eigenvalue weighted by Gasteiger charge is 2.36. The number of aromatic nitrogens is 2. The molecule has 0 fully saturated rings. The lowest BCUT2D eigenvalue weighted by atomic mass is 9.97. The van der Waals surface area contributed by atoms with Crippen LogP contribution < -0.4 is 5.32 Å². The SMILES string of the molecule is Cc1cccc(-c2nn(-c3ccccc3)cc2C2CC(c3cccs3)=NN2C(=O)CNCCO)c1. The molecule has 7 nitrogen and oxygen atoms in total. The second-order valence-corrected chi connectivity index (χ2v) is 9.41. The van der Waals surface area contributed by atoms with Gasteiger partial charge in [0.25, 0.3) is 5.91 Å². The van der Waals surface area contributed by atoms with E-state index < -0.39 is 0 Å². The van der Waals surface area contributed by atoms with Crippen LogP contribution in [-0.4, -0.2) is 51.2 Å². The summed E-state index contributed by atoms with van der Waals surface area (Å²) in [6, 6.07) is 22.0. The number of benzene rings is 2. The smallest absolute Gasteiger partial charge is 0.257 e. The van der Waals surface area contributed by atoms with Crippen molar-refractivity contribution in [1.29, 1.82) is 0 Å². The molecule has 2 N–H and O–H groups in total. The molecule has 2 aromatic heterocycles. The zero-order valence-electron chi connectivity index (χ0n) is 19.5. The second kappa shape index (κ2) is 10.4. The zero-order chi connectivity index (χ0) is 24.2. The molecule has 1 aliphatic heterocycles. The highest BCUT2D eigenvalue weighted by Crippen LogP contribution is 2.39. The van der Waals surface area contributed by atoms with E-state index in [0.717, 1.165) is 38.7 Å². The molecule has 2 aromatic carbocycles. The number of carbonyl (C=O) groups excluding carboxylic acids is 1. The fraction of sp³-hybridized carbons (Fsp3) is 0.222. The van der Waals surface area contributed by atoms with Gasteiger partial charge in [-0.3, -0.25) is 4.79 Å². The van der Waals surface area contributed by atoms with Crippen LogP contribution in [0.1, 0.15) is 28.5 Å². The molecule has 35 heavy (non-hydrogen) atoms. The number of nitrogens with one attached hydrogen (secondary N) is 1. The topological polar surface area (TPSA) is 82.8 Å². The third-order valence-corrected chi connectivity index (χ3v) is 6.87. The molecule has 1 atom stereocenters. The molecule has 5 rings (SSSR count). The third kappa shape index (κ3) is 4.95. The van der Waals surface area contributed by atoms with Gasteiger partial charge in [-0.15, -0.1) is 11.3 Å². The Morgan fingerprint density at radius 2 is 2.00 bits per heavy atom. The Morgan fingerprint density at radius 1 is 1.14 bits per heavy atom. The molecule has 0 saturated carbocycles. The van der Waals surface area contributed by atoms with Gasteiger partial charge in [-0.25, -0.2) is 9.69 Å². The highest BCUT2D eigenvalue weighted by atomic mass is 32.1. The minimum atomic E-state index is -0.288. The summed E-state index contributed by atoms with van der Waals surface area (Å²) in [5.41, 5.74) is 5.78. The lowest BCUT2D eigenvalue weighted by Crippen LogP contribution is -2.36. The number of aryl methyl sites for hydroxylation is 1. The number of aliphatic hydroxyl groups is 1. The van der Waals surface area contributed by atoms with Crippen LogP contribution in [0.3, 0.4) is 0 Å². The number of rotatable bonds is 8. The Hall–Kier alpha value is -3.59. The summed E-state index contributed by atoms with van der Waals surface area (Å²) >= 11 is 1.62. The number of hydrogen-bond acceptors (Lipinski definition) is 6. The van der Waals surface area contributed by atoms with Gasteiger partial charge in [-0.2, -0.15) is 10.2 Å². The maximum atomic E-state index is 13.2. The number of nitrogens with zero attached hydrogens (tertiary/aromatic N) is 4. The summed E-state index contributed by atoms with van der Waals surface area (Å²) in [5.74, 6) is -0.141. The van der Waals surface area contributed by atoms with Crippen LogP contribution in [-0.2, 0) is 4.79 Å². The van der Waals surface area contributed by atoms with Crippen LogP contribution in [0, 0.1) is 6.92 Å². The maximum Gasteiger partial charge on any atom is 0.257 e. The van der Waals surface area contributed by atoms with Crippen molar-refractivity contribution in [2.75, 3.05) is 19.7 Å². The van der Waals surface area contributed by atoms with Crippen molar-refractivity contribution in [2.45, 2.75) is 19.4 Å². The lowest BCUT2D eigenvalue weighted by molar-refractivity contribution is -0.132. The predicted octanol–water partition coefficient (Wildman–Crippen LogP) is 4.17. The third-order valence-electron chi connectivity index (χ3n) is 5.95. The van der Waals surface area contributed by atoms with E-state index in [9.17, 15) is 4.79 Å². The van der Waals surface area contributed by atoms with E-state index in [1.165, 1.54) is 0 Å². The number of hydrogen-bond donors (Lipinski definition) is 2. The summed E-state index contributed by atoms with van der Waals surface area (Å²) in [4.78, 5) is 14.3. The largest absolute Gasteiger partial charge is 0.395 e. The molecule has 8 heteroatoms. The Morgan fingerprint density at radius 3 is 2.74 bits per heavy atom. The fourth-order valence-corrected chi connectivity index (χ4v) is 5.01. The van der Waals surface area contributed by atoms with Gasteiger partial charge in [0, 0.05) is 30.3 Å². The van der Waals surface area contributed by atoms with Gasteiger partial charge in [-0.1, -0.05) is 48.0 Å². The van der Waals surface area contributed by atoms with Gasteiger partial charge >= 0.3 is 0 Å². The average molecular weight is 486 g/mol. The van der Waals surface area contributed by atoms with Crippen molar-refractivity contribution in [3.63, 3.8) is 0 Å². The van der Waals surface area contributed by atoms with Gasteiger partial charge in [0.1, 0.15) is 0 Å². The van der Waals surface area contributed by atoms with E-state index in [-0.39, 0.29) is 25.1 Å². The molecule has 1 amide bonds. The monoisotopic (exact) mass is 485 g/mol.